The maximum atomic E-state index is 11.8. The van der Waals surface area contributed by atoms with Crippen LogP contribution in [0.5, 0.6) is 0 Å². The zero-order valence-corrected chi connectivity index (χ0v) is 11.2. The molecular formula is C13H13NO4S. The molecule has 0 spiro atoms. The molecule has 1 aromatic heterocycles. The van der Waals surface area contributed by atoms with Crippen molar-refractivity contribution < 1.29 is 12.6 Å². The van der Waals surface area contributed by atoms with Gasteiger partial charge in [0, 0.05) is 18.5 Å². The molecule has 0 N–H and O–H groups in total. The fraction of sp³-hybridized carbons (Fsp3) is 0.308. The summed E-state index contributed by atoms with van der Waals surface area (Å²) < 4.78 is 28.7. The van der Waals surface area contributed by atoms with Crippen LogP contribution < -0.4 is 5.56 Å². The Morgan fingerprint density at radius 2 is 2.11 bits per heavy atom. The second-order valence-electron chi connectivity index (χ2n) is 4.75. The molecule has 1 aliphatic rings. The minimum Gasteiger partial charge on any atom is -0.307 e. The van der Waals surface area contributed by atoms with E-state index in [-0.39, 0.29) is 18.1 Å². The Bertz CT molecular complexity index is 807. The molecule has 2 aromatic rings. The van der Waals surface area contributed by atoms with Crippen molar-refractivity contribution in [3.63, 3.8) is 0 Å². The number of aromatic nitrogens is 1. The number of hydrogen-bond acceptors (Lipinski definition) is 4. The van der Waals surface area contributed by atoms with Crippen LogP contribution in [0, 0.1) is 0 Å². The molecule has 1 aromatic carbocycles. The van der Waals surface area contributed by atoms with Gasteiger partial charge in [0.25, 0.3) is 15.7 Å². The Hall–Kier alpha value is -1.66. The van der Waals surface area contributed by atoms with Gasteiger partial charge in [-0.1, -0.05) is 18.2 Å². The first-order chi connectivity index (χ1) is 8.96. The molecule has 100 valence electrons. The van der Waals surface area contributed by atoms with Crippen LogP contribution in [0.1, 0.15) is 11.5 Å². The van der Waals surface area contributed by atoms with Gasteiger partial charge in [-0.15, -0.1) is 0 Å². The van der Waals surface area contributed by atoms with Crippen molar-refractivity contribution in [2.24, 2.45) is 0 Å². The van der Waals surface area contributed by atoms with Gasteiger partial charge in [-0.05, 0) is 17.0 Å². The largest absolute Gasteiger partial charge is 0.307 e. The average molecular weight is 279 g/mol. The van der Waals surface area contributed by atoms with Gasteiger partial charge in [0.2, 0.25) is 0 Å². The third-order valence-electron chi connectivity index (χ3n) is 3.37. The number of nitrogens with zero attached hydrogens (tertiary/aromatic N) is 1. The SMILES string of the molecule is CS(=O)(=O)OCC1Cn2c(=O)ccc3cccc1c32. The van der Waals surface area contributed by atoms with Gasteiger partial charge in [0.05, 0.1) is 18.4 Å². The molecule has 1 aliphatic heterocycles. The molecule has 6 heteroatoms. The molecule has 1 atom stereocenters. The second kappa shape index (κ2) is 4.18. The van der Waals surface area contributed by atoms with Crippen LogP contribution in [0.15, 0.2) is 35.1 Å². The molecule has 19 heavy (non-hydrogen) atoms. The van der Waals surface area contributed by atoms with Gasteiger partial charge in [-0.3, -0.25) is 8.98 Å². The first kappa shape index (κ1) is 12.4. The molecule has 0 aliphatic carbocycles. The van der Waals surface area contributed by atoms with Crippen molar-refractivity contribution in [1.29, 1.82) is 0 Å². The molecule has 3 rings (SSSR count). The molecule has 2 heterocycles. The summed E-state index contributed by atoms with van der Waals surface area (Å²) in [5, 5.41) is 0.985. The van der Waals surface area contributed by atoms with E-state index >= 15 is 0 Å². The van der Waals surface area contributed by atoms with Crippen molar-refractivity contribution in [1.82, 2.24) is 4.57 Å². The monoisotopic (exact) mass is 279 g/mol. The van der Waals surface area contributed by atoms with Gasteiger partial charge < -0.3 is 4.57 Å². The molecule has 5 nitrogen and oxygen atoms in total. The van der Waals surface area contributed by atoms with E-state index in [0.717, 1.165) is 22.7 Å². The lowest BCUT2D eigenvalue weighted by molar-refractivity contribution is 0.288. The Balaban J connectivity index is 2.06. The highest BCUT2D eigenvalue weighted by molar-refractivity contribution is 7.85. The van der Waals surface area contributed by atoms with Crippen LogP contribution in [-0.2, 0) is 20.8 Å². The molecular weight excluding hydrogens is 266 g/mol. The summed E-state index contributed by atoms with van der Waals surface area (Å²) >= 11 is 0. The lowest BCUT2D eigenvalue weighted by Gasteiger charge is -2.09. The standard InChI is InChI=1S/C13H13NO4S/c1-19(16,17)18-8-10-7-14-12(15)6-5-9-3-2-4-11(10)13(9)14/h2-6,10H,7-8H2,1H3. The number of pyridine rings is 1. The van der Waals surface area contributed by atoms with Crippen LogP contribution in [0.25, 0.3) is 10.9 Å². The molecule has 0 bridgehead atoms. The van der Waals surface area contributed by atoms with Crippen molar-refractivity contribution in [2.75, 3.05) is 12.9 Å². The predicted octanol–water partition coefficient (Wildman–Crippen LogP) is 1.07. The summed E-state index contributed by atoms with van der Waals surface area (Å²) in [6.45, 7) is 0.532. The summed E-state index contributed by atoms with van der Waals surface area (Å²) in [6, 6.07) is 9.09. The van der Waals surface area contributed by atoms with Gasteiger partial charge in [-0.25, -0.2) is 0 Å². The third kappa shape index (κ3) is 2.17. The normalized spacial score (nSPS) is 18.1. The van der Waals surface area contributed by atoms with E-state index in [1.807, 2.05) is 18.2 Å². The van der Waals surface area contributed by atoms with Crippen molar-refractivity contribution in [2.45, 2.75) is 12.5 Å². The van der Waals surface area contributed by atoms with Gasteiger partial charge in [0.1, 0.15) is 0 Å². The molecule has 0 radical (unpaired) electrons. The molecule has 0 saturated heterocycles. The maximum Gasteiger partial charge on any atom is 0.264 e. The summed E-state index contributed by atoms with van der Waals surface area (Å²) in [5.74, 6) is -0.103. The van der Waals surface area contributed by atoms with Crippen LogP contribution in [0.4, 0.5) is 0 Å². The lowest BCUT2D eigenvalue weighted by atomic mass is 10.0. The minimum absolute atomic E-state index is 0.0678. The molecule has 0 amide bonds. The lowest BCUT2D eigenvalue weighted by Crippen LogP contribution is -2.19. The summed E-state index contributed by atoms with van der Waals surface area (Å²) in [5.41, 5.74) is 1.79. The fourth-order valence-electron chi connectivity index (χ4n) is 2.57. The quantitative estimate of drug-likeness (QED) is 0.788. The van der Waals surface area contributed by atoms with Crippen molar-refractivity contribution in [3.8, 4) is 0 Å². The van der Waals surface area contributed by atoms with E-state index in [1.165, 1.54) is 6.07 Å². The highest BCUT2D eigenvalue weighted by atomic mass is 32.2. The number of benzene rings is 1. The highest BCUT2D eigenvalue weighted by Gasteiger charge is 2.26. The van der Waals surface area contributed by atoms with E-state index in [1.54, 1.807) is 10.6 Å². The summed E-state index contributed by atoms with van der Waals surface area (Å²) in [4.78, 5) is 11.8. The second-order valence-corrected chi connectivity index (χ2v) is 6.40. The Kier molecular flexibility index (Phi) is 2.72. The first-order valence-electron chi connectivity index (χ1n) is 5.92. The third-order valence-corrected chi connectivity index (χ3v) is 3.93. The van der Waals surface area contributed by atoms with Gasteiger partial charge >= 0.3 is 0 Å². The smallest absolute Gasteiger partial charge is 0.264 e. The van der Waals surface area contributed by atoms with Crippen molar-refractivity contribution in [3.05, 3.63) is 46.2 Å². The minimum atomic E-state index is -3.47. The summed E-state index contributed by atoms with van der Waals surface area (Å²) in [6.07, 6.45) is 1.03. The van der Waals surface area contributed by atoms with Crippen LogP contribution >= 0.6 is 0 Å². The molecule has 1 unspecified atom stereocenters. The number of para-hydroxylation sites is 1. The van der Waals surface area contributed by atoms with Gasteiger partial charge in [0.15, 0.2) is 0 Å². The zero-order chi connectivity index (χ0) is 13.6. The summed E-state index contributed by atoms with van der Waals surface area (Å²) in [7, 11) is -3.47. The Morgan fingerprint density at radius 1 is 1.32 bits per heavy atom. The van der Waals surface area contributed by atoms with Crippen LogP contribution in [0.2, 0.25) is 0 Å². The molecule has 0 saturated carbocycles. The number of hydrogen-bond donors (Lipinski definition) is 0. The van der Waals surface area contributed by atoms with Crippen LogP contribution in [-0.4, -0.2) is 25.8 Å². The van der Waals surface area contributed by atoms with E-state index in [0.29, 0.717) is 6.54 Å². The fourth-order valence-corrected chi connectivity index (χ4v) is 2.98. The van der Waals surface area contributed by atoms with Crippen molar-refractivity contribution >= 4 is 21.0 Å². The zero-order valence-electron chi connectivity index (χ0n) is 10.4. The Labute approximate surface area is 110 Å². The first-order valence-corrected chi connectivity index (χ1v) is 7.74. The van der Waals surface area contributed by atoms with Gasteiger partial charge in [-0.2, -0.15) is 8.42 Å². The maximum absolute atomic E-state index is 11.8. The van der Waals surface area contributed by atoms with E-state index < -0.39 is 10.1 Å². The van der Waals surface area contributed by atoms with Crippen LogP contribution in [0.3, 0.4) is 0 Å². The van der Waals surface area contributed by atoms with E-state index in [2.05, 4.69) is 0 Å². The topological polar surface area (TPSA) is 65.4 Å². The molecule has 0 fully saturated rings. The predicted molar refractivity (Wildman–Crippen MR) is 71.7 cm³/mol. The van der Waals surface area contributed by atoms with E-state index in [9.17, 15) is 13.2 Å². The Morgan fingerprint density at radius 3 is 2.84 bits per heavy atom. The highest BCUT2D eigenvalue weighted by Crippen LogP contribution is 2.32. The average Bonchev–Trinajstić information content (AvgIpc) is 2.72. The van der Waals surface area contributed by atoms with E-state index in [4.69, 9.17) is 4.18 Å². The number of rotatable bonds is 3.